The second kappa shape index (κ2) is 3.26. The van der Waals surface area contributed by atoms with Gasteiger partial charge in [0.15, 0.2) is 5.60 Å². The van der Waals surface area contributed by atoms with Gasteiger partial charge in [-0.3, -0.25) is 10.1 Å². The van der Waals surface area contributed by atoms with Gasteiger partial charge in [-0.2, -0.15) is 0 Å². The highest BCUT2D eigenvalue weighted by Gasteiger charge is 2.50. The van der Waals surface area contributed by atoms with Gasteiger partial charge in [0.1, 0.15) is 0 Å². The first kappa shape index (κ1) is 9.49. The number of carbonyl (C=O) groups is 2. The zero-order chi connectivity index (χ0) is 10.2. The summed E-state index contributed by atoms with van der Waals surface area (Å²) in [6.45, 7) is 2.16. The molecule has 1 saturated carbocycles. The lowest BCUT2D eigenvalue weighted by Crippen LogP contribution is -2.42. The van der Waals surface area contributed by atoms with Crippen molar-refractivity contribution < 1.29 is 14.3 Å². The molecule has 0 bridgehead atoms. The fourth-order valence-electron chi connectivity index (χ4n) is 2.34. The molecule has 2 rings (SSSR count). The zero-order valence-corrected chi connectivity index (χ0v) is 8.34. The second-order valence-corrected chi connectivity index (χ2v) is 4.19. The van der Waals surface area contributed by atoms with Crippen molar-refractivity contribution in [1.29, 1.82) is 0 Å². The van der Waals surface area contributed by atoms with Gasteiger partial charge in [-0.25, -0.2) is 4.79 Å². The largest absolute Gasteiger partial charge is 0.432 e. The van der Waals surface area contributed by atoms with E-state index in [1.165, 1.54) is 0 Å². The van der Waals surface area contributed by atoms with Crippen LogP contribution in [0.15, 0.2) is 0 Å². The van der Waals surface area contributed by atoms with E-state index >= 15 is 0 Å². The highest BCUT2D eigenvalue weighted by molar-refractivity contribution is 6.02. The first-order chi connectivity index (χ1) is 6.66. The van der Waals surface area contributed by atoms with E-state index in [2.05, 4.69) is 12.2 Å². The molecule has 2 aliphatic rings. The highest BCUT2D eigenvalue weighted by Crippen LogP contribution is 2.38. The third kappa shape index (κ3) is 1.38. The van der Waals surface area contributed by atoms with Crippen LogP contribution in [-0.2, 0) is 9.53 Å². The molecule has 2 amide bonds. The number of imide groups is 1. The molecular formula is C10H15NO3. The van der Waals surface area contributed by atoms with E-state index in [1.807, 2.05) is 0 Å². The van der Waals surface area contributed by atoms with Gasteiger partial charge < -0.3 is 4.74 Å². The fraction of sp³-hybridized carbons (Fsp3) is 0.800. The van der Waals surface area contributed by atoms with E-state index in [4.69, 9.17) is 4.74 Å². The Balaban J connectivity index is 2.05. The normalized spacial score (nSPS) is 37.1. The van der Waals surface area contributed by atoms with Crippen LogP contribution in [0, 0.1) is 5.92 Å². The Labute approximate surface area is 83.0 Å². The van der Waals surface area contributed by atoms with Gasteiger partial charge in [0.05, 0.1) is 0 Å². The van der Waals surface area contributed by atoms with Crippen molar-refractivity contribution in [3.63, 3.8) is 0 Å². The van der Waals surface area contributed by atoms with Gasteiger partial charge in [0.2, 0.25) is 0 Å². The van der Waals surface area contributed by atoms with E-state index in [-0.39, 0.29) is 5.91 Å². The number of nitrogens with one attached hydrogen (secondary N) is 1. The lowest BCUT2D eigenvalue weighted by atomic mass is 9.77. The topological polar surface area (TPSA) is 55.4 Å². The molecule has 0 atom stereocenters. The number of ether oxygens (including phenoxy) is 1. The molecule has 14 heavy (non-hydrogen) atoms. The molecule has 1 spiro atoms. The summed E-state index contributed by atoms with van der Waals surface area (Å²) in [6.07, 6.45) is 3.90. The Morgan fingerprint density at radius 2 is 2.07 bits per heavy atom. The number of hydrogen-bond acceptors (Lipinski definition) is 3. The van der Waals surface area contributed by atoms with Gasteiger partial charge in [0, 0.05) is 0 Å². The van der Waals surface area contributed by atoms with Crippen molar-refractivity contribution in [2.24, 2.45) is 5.92 Å². The first-order valence-electron chi connectivity index (χ1n) is 5.21. The van der Waals surface area contributed by atoms with Crippen LogP contribution in [0.4, 0.5) is 4.79 Å². The maximum absolute atomic E-state index is 11.5. The Morgan fingerprint density at radius 3 is 2.50 bits per heavy atom. The maximum atomic E-state index is 11.5. The first-order valence-corrected chi connectivity index (χ1v) is 5.21. The summed E-state index contributed by atoms with van der Waals surface area (Å²) in [5.41, 5.74) is -0.817. The maximum Gasteiger partial charge on any atom is 0.415 e. The minimum absolute atomic E-state index is 0.239. The van der Waals surface area contributed by atoms with Gasteiger partial charge in [-0.15, -0.1) is 0 Å². The quantitative estimate of drug-likeness (QED) is 0.694. The third-order valence-electron chi connectivity index (χ3n) is 3.41. The van der Waals surface area contributed by atoms with Crippen molar-refractivity contribution in [2.75, 3.05) is 0 Å². The van der Waals surface area contributed by atoms with Gasteiger partial charge in [-0.1, -0.05) is 13.3 Å². The molecule has 0 radical (unpaired) electrons. The van der Waals surface area contributed by atoms with Gasteiger partial charge in [-0.05, 0) is 31.6 Å². The molecule has 1 N–H and O–H groups in total. The fourth-order valence-corrected chi connectivity index (χ4v) is 2.34. The van der Waals surface area contributed by atoms with Crippen LogP contribution >= 0.6 is 0 Å². The number of alkyl carbamates (subject to hydrolysis) is 1. The van der Waals surface area contributed by atoms with E-state index < -0.39 is 11.7 Å². The number of carbonyl (C=O) groups excluding carboxylic acids is 2. The minimum atomic E-state index is -0.817. The van der Waals surface area contributed by atoms with Crippen LogP contribution in [0.5, 0.6) is 0 Å². The van der Waals surface area contributed by atoms with Crippen molar-refractivity contribution in [2.45, 2.75) is 44.6 Å². The summed E-state index contributed by atoms with van der Waals surface area (Å²) >= 11 is 0. The Hall–Kier alpha value is -1.06. The Morgan fingerprint density at radius 1 is 1.43 bits per heavy atom. The summed E-state index contributed by atoms with van der Waals surface area (Å²) in [5.74, 6) is 0.449. The third-order valence-corrected chi connectivity index (χ3v) is 3.41. The molecule has 0 aromatic carbocycles. The molecule has 0 aromatic rings. The van der Waals surface area contributed by atoms with Crippen LogP contribution in [0.3, 0.4) is 0 Å². The van der Waals surface area contributed by atoms with Crippen LogP contribution in [0.1, 0.15) is 39.0 Å². The van der Waals surface area contributed by atoms with Crippen LogP contribution < -0.4 is 5.32 Å². The molecule has 4 heteroatoms. The van der Waals surface area contributed by atoms with E-state index in [0.717, 1.165) is 19.3 Å². The Bertz CT molecular complexity index is 267. The van der Waals surface area contributed by atoms with E-state index in [1.54, 1.807) is 0 Å². The van der Waals surface area contributed by atoms with Gasteiger partial charge in [0.25, 0.3) is 5.91 Å². The molecular weight excluding hydrogens is 182 g/mol. The van der Waals surface area contributed by atoms with E-state index in [9.17, 15) is 9.59 Å². The number of amides is 2. The molecule has 0 aromatic heterocycles. The van der Waals surface area contributed by atoms with Crippen LogP contribution in [-0.4, -0.2) is 17.6 Å². The smallest absolute Gasteiger partial charge is 0.415 e. The molecule has 2 fully saturated rings. The van der Waals surface area contributed by atoms with Crippen molar-refractivity contribution in [1.82, 2.24) is 5.32 Å². The molecule has 4 nitrogen and oxygen atoms in total. The molecule has 1 aliphatic carbocycles. The summed E-state index contributed by atoms with van der Waals surface area (Å²) < 4.78 is 5.10. The summed E-state index contributed by atoms with van der Waals surface area (Å²) in [4.78, 5) is 22.4. The second-order valence-electron chi connectivity index (χ2n) is 4.19. The van der Waals surface area contributed by atoms with Crippen molar-refractivity contribution >= 4 is 12.0 Å². The molecule has 1 aliphatic heterocycles. The predicted molar refractivity (Wildman–Crippen MR) is 49.6 cm³/mol. The number of rotatable bonds is 1. The summed E-state index contributed by atoms with van der Waals surface area (Å²) in [7, 11) is 0. The minimum Gasteiger partial charge on any atom is -0.432 e. The SMILES string of the molecule is CCC1CCC2(CC1)OC(=O)NC2=O. The average molecular weight is 197 g/mol. The molecule has 0 unspecified atom stereocenters. The van der Waals surface area contributed by atoms with Crippen LogP contribution in [0.2, 0.25) is 0 Å². The standard InChI is InChI=1S/C10H15NO3/c1-2-7-3-5-10(6-4-7)8(12)11-9(13)14-10/h7H,2-6H2,1H3,(H,11,12,13). The number of hydrogen-bond donors (Lipinski definition) is 1. The average Bonchev–Trinajstić information content (AvgIpc) is 2.43. The molecule has 1 saturated heterocycles. The summed E-state index contributed by atoms with van der Waals surface area (Å²) in [5, 5.41) is 2.21. The van der Waals surface area contributed by atoms with Crippen molar-refractivity contribution in [3.05, 3.63) is 0 Å². The Kier molecular flexibility index (Phi) is 2.21. The lowest BCUT2D eigenvalue weighted by molar-refractivity contribution is -0.134. The summed E-state index contributed by atoms with van der Waals surface area (Å²) in [6, 6.07) is 0. The highest BCUT2D eigenvalue weighted by atomic mass is 16.6. The van der Waals surface area contributed by atoms with Gasteiger partial charge >= 0.3 is 6.09 Å². The van der Waals surface area contributed by atoms with Crippen LogP contribution in [0.25, 0.3) is 0 Å². The lowest BCUT2D eigenvalue weighted by Gasteiger charge is -2.32. The molecule has 78 valence electrons. The predicted octanol–water partition coefficient (Wildman–Crippen LogP) is 1.59. The monoisotopic (exact) mass is 197 g/mol. The van der Waals surface area contributed by atoms with Crippen molar-refractivity contribution in [3.8, 4) is 0 Å². The zero-order valence-electron chi connectivity index (χ0n) is 8.34. The molecule has 1 heterocycles. The van der Waals surface area contributed by atoms with E-state index in [0.29, 0.717) is 18.8 Å².